The molecule has 1 heterocycles. The second-order valence-electron chi connectivity index (χ2n) is 5.85. The lowest BCUT2D eigenvalue weighted by Gasteiger charge is -2.08. The first-order valence-corrected chi connectivity index (χ1v) is 8.21. The molecule has 0 saturated heterocycles. The molecule has 3 heteroatoms. The van der Waals surface area contributed by atoms with E-state index >= 15 is 0 Å². The summed E-state index contributed by atoms with van der Waals surface area (Å²) in [6, 6.07) is 16.1. The summed E-state index contributed by atoms with van der Waals surface area (Å²) in [5.41, 5.74) is 3.10. The Labute approximate surface area is 138 Å². The van der Waals surface area contributed by atoms with E-state index in [1.165, 1.54) is 5.56 Å². The van der Waals surface area contributed by atoms with E-state index < -0.39 is 0 Å². The van der Waals surface area contributed by atoms with Crippen molar-refractivity contribution in [3.05, 3.63) is 70.3 Å². The molecule has 22 heavy (non-hydrogen) atoms. The largest absolute Gasteiger partial charge is 0.340 e. The Balaban J connectivity index is 1.83. The molecule has 0 bridgehead atoms. The van der Waals surface area contributed by atoms with Crippen molar-refractivity contribution in [1.82, 2.24) is 4.57 Å². The van der Waals surface area contributed by atoms with Gasteiger partial charge in [-0.15, -0.1) is 0 Å². The van der Waals surface area contributed by atoms with Crippen LogP contribution in [0.2, 0.25) is 0 Å². The number of hydrogen-bond donors (Lipinski definition) is 0. The highest BCUT2D eigenvalue weighted by Crippen LogP contribution is 2.21. The third-order valence-corrected chi connectivity index (χ3v) is 4.44. The molecule has 0 fully saturated rings. The van der Waals surface area contributed by atoms with Crippen molar-refractivity contribution in [2.45, 2.75) is 26.3 Å². The molecule has 0 atom stereocenters. The molecule has 3 rings (SSSR count). The number of hydrogen-bond acceptors (Lipinski definition) is 1. The van der Waals surface area contributed by atoms with Crippen molar-refractivity contribution in [1.29, 1.82) is 0 Å². The fourth-order valence-corrected chi connectivity index (χ4v) is 2.99. The van der Waals surface area contributed by atoms with Gasteiger partial charge in [0.1, 0.15) is 0 Å². The van der Waals surface area contributed by atoms with Crippen LogP contribution in [-0.2, 0) is 6.54 Å². The van der Waals surface area contributed by atoms with E-state index in [4.69, 9.17) is 0 Å². The lowest BCUT2D eigenvalue weighted by Crippen LogP contribution is -2.09. The minimum absolute atomic E-state index is 0.135. The van der Waals surface area contributed by atoms with Crippen molar-refractivity contribution >= 4 is 32.6 Å². The molecule has 112 valence electrons. The average molecular weight is 356 g/mol. The summed E-state index contributed by atoms with van der Waals surface area (Å²) in [7, 11) is 0. The van der Waals surface area contributed by atoms with Crippen LogP contribution in [0.25, 0.3) is 10.9 Å². The van der Waals surface area contributed by atoms with Gasteiger partial charge in [-0.3, -0.25) is 4.79 Å². The van der Waals surface area contributed by atoms with E-state index in [1.54, 1.807) is 0 Å². The first-order chi connectivity index (χ1) is 10.5. The predicted octanol–water partition coefficient (Wildman–Crippen LogP) is 5.41. The van der Waals surface area contributed by atoms with E-state index in [2.05, 4.69) is 35.8 Å². The fourth-order valence-electron chi connectivity index (χ4n) is 2.61. The lowest BCUT2D eigenvalue weighted by molar-refractivity contribution is 0.0973. The van der Waals surface area contributed by atoms with Gasteiger partial charge in [-0.05, 0) is 35.7 Å². The predicted molar refractivity (Wildman–Crippen MR) is 94.5 cm³/mol. The topological polar surface area (TPSA) is 22.0 Å². The van der Waals surface area contributed by atoms with Crippen LogP contribution in [0.15, 0.2) is 59.2 Å². The highest BCUT2D eigenvalue weighted by Gasteiger charge is 2.09. The highest BCUT2D eigenvalue weighted by molar-refractivity contribution is 9.10. The Morgan fingerprint density at radius 3 is 2.50 bits per heavy atom. The summed E-state index contributed by atoms with van der Waals surface area (Å²) in [5.74, 6) is 0.617. The molecule has 0 amide bonds. The Hall–Kier alpha value is -1.87. The number of ketones is 1. The van der Waals surface area contributed by atoms with Crippen molar-refractivity contribution in [2.24, 2.45) is 0 Å². The Kier molecular flexibility index (Phi) is 4.16. The van der Waals surface area contributed by atoms with Crippen molar-refractivity contribution < 1.29 is 4.79 Å². The first kappa shape index (κ1) is 15.0. The molecule has 2 aromatic carbocycles. The van der Waals surface area contributed by atoms with Crippen LogP contribution in [0.5, 0.6) is 0 Å². The number of fused-ring (bicyclic) bond motifs is 1. The van der Waals surface area contributed by atoms with Gasteiger partial charge in [-0.2, -0.15) is 0 Å². The summed E-state index contributed by atoms with van der Waals surface area (Å²) in [5, 5.41) is 1.14. The number of rotatable bonds is 4. The van der Waals surface area contributed by atoms with Gasteiger partial charge in [0.25, 0.3) is 0 Å². The van der Waals surface area contributed by atoms with Crippen LogP contribution in [0, 0.1) is 0 Å². The van der Waals surface area contributed by atoms with E-state index in [0.29, 0.717) is 12.5 Å². The first-order valence-electron chi connectivity index (χ1n) is 7.42. The molecular weight excluding hydrogens is 338 g/mol. The van der Waals surface area contributed by atoms with Crippen LogP contribution in [0.3, 0.4) is 0 Å². The SMILES string of the molecule is CC(C)c1ccc(C(=O)Cn2ccc3cc(Br)ccc32)cc1. The van der Waals surface area contributed by atoms with Gasteiger partial charge in [0.15, 0.2) is 5.78 Å². The van der Waals surface area contributed by atoms with E-state index in [-0.39, 0.29) is 5.78 Å². The molecular formula is C19H18BrNO. The molecule has 0 spiro atoms. The smallest absolute Gasteiger partial charge is 0.182 e. The number of nitrogens with zero attached hydrogens (tertiary/aromatic N) is 1. The van der Waals surface area contributed by atoms with Gasteiger partial charge in [0.2, 0.25) is 0 Å². The minimum Gasteiger partial charge on any atom is -0.340 e. The zero-order valence-corrected chi connectivity index (χ0v) is 14.3. The van der Waals surface area contributed by atoms with Crippen LogP contribution < -0.4 is 0 Å². The van der Waals surface area contributed by atoms with Gasteiger partial charge in [-0.25, -0.2) is 0 Å². The van der Waals surface area contributed by atoms with E-state index in [0.717, 1.165) is 20.9 Å². The maximum atomic E-state index is 12.5. The summed E-state index contributed by atoms with van der Waals surface area (Å²) in [6.07, 6.45) is 1.97. The Morgan fingerprint density at radius 1 is 1.09 bits per heavy atom. The van der Waals surface area contributed by atoms with Crippen LogP contribution in [0.1, 0.15) is 35.7 Å². The van der Waals surface area contributed by atoms with Crippen molar-refractivity contribution in [3.8, 4) is 0 Å². The molecule has 0 radical (unpaired) electrons. The summed E-state index contributed by atoms with van der Waals surface area (Å²) in [4.78, 5) is 12.5. The zero-order chi connectivity index (χ0) is 15.7. The normalized spacial score (nSPS) is 11.3. The van der Waals surface area contributed by atoms with Crippen molar-refractivity contribution in [2.75, 3.05) is 0 Å². The third kappa shape index (κ3) is 3.00. The third-order valence-electron chi connectivity index (χ3n) is 3.95. The minimum atomic E-state index is 0.135. The summed E-state index contributed by atoms with van der Waals surface area (Å²) >= 11 is 3.47. The molecule has 2 nitrogen and oxygen atoms in total. The van der Waals surface area contributed by atoms with Crippen molar-refractivity contribution in [3.63, 3.8) is 0 Å². The monoisotopic (exact) mass is 355 g/mol. The van der Waals surface area contributed by atoms with Gasteiger partial charge in [0.05, 0.1) is 6.54 Å². The number of halogens is 1. The molecule has 0 saturated carbocycles. The molecule has 0 unspecified atom stereocenters. The fraction of sp³-hybridized carbons (Fsp3) is 0.211. The molecule has 1 aromatic heterocycles. The van der Waals surface area contributed by atoms with Gasteiger partial charge in [0, 0.05) is 27.1 Å². The second-order valence-corrected chi connectivity index (χ2v) is 6.76. The molecule has 0 aliphatic rings. The number of Topliss-reactive ketones (excluding diaryl/α,β-unsaturated/α-hetero) is 1. The van der Waals surface area contributed by atoms with E-state index in [1.807, 2.05) is 53.2 Å². The van der Waals surface area contributed by atoms with Gasteiger partial charge < -0.3 is 4.57 Å². The number of carbonyl (C=O) groups excluding carboxylic acids is 1. The van der Waals surface area contributed by atoms with Crippen LogP contribution in [-0.4, -0.2) is 10.4 Å². The standard InChI is InChI=1S/C19H18BrNO/c1-13(2)14-3-5-15(6-4-14)19(22)12-21-10-9-16-11-17(20)7-8-18(16)21/h3-11,13H,12H2,1-2H3. The number of benzene rings is 2. The Morgan fingerprint density at radius 2 is 1.82 bits per heavy atom. The zero-order valence-electron chi connectivity index (χ0n) is 12.7. The number of aromatic nitrogens is 1. The quantitative estimate of drug-likeness (QED) is 0.573. The second kappa shape index (κ2) is 6.09. The van der Waals surface area contributed by atoms with Gasteiger partial charge >= 0.3 is 0 Å². The molecule has 0 aliphatic heterocycles. The molecule has 0 N–H and O–H groups in total. The maximum Gasteiger partial charge on any atom is 0.182 e. The summed E-state index contributed by atoms with van der Waals surface area (Å²) in [6.45, 7) is 4.67. The molecule has 0 aliphatic carbocycles. The van der Waals surface area contributed by atoms with Crippen LogP contribution in [0.4, 0.5) is 0 Å². The average Bonchev–Trinajstić information content (AvgIpc) is 2.89. The van der Waals surface area contributed by atoms with Crippen LogP contribution >= 0.6 is 15.9 Å². The number of carbonyl (C=O) groups is 1. The lowest BCUT2D eigenvalue weighted by atomic mass is 10.0. The van der Waals surface area contributed by atoms with E-state index in [9.17, 15) is 4.79 Å². The highest BCUT2D eigenvalue weighted by atomic mass is 79.9. The Bertz CT molecular complexity index is 815. The summed E-state index contributed by atoms with van der Waals surface area (Å²) < 4.78 is 3.05. The maximum absolute atomic E-state index is 12.5. The molecule has 3 aromatic rings. The van der Waals surface area contributed by atoms with Gasteiger partial charge in [-0.1, -0.05) is 54.0 Å².